The van der Waals surface area contributed by atoms with E-state index in [-0.39, 0.29) is 11.0 Å². The number of hydrogen-bond acceptors (Lipinski definition) is 4. The van der Waals surface area contributed by atoms with E-state index in [9.17, 15) is 4.79 Å². The van der Waals surface area contributed by atoms with Gasteiger partial charge in [-0.05, 0) is 58.5 Å². The predicted molar refractivity (Wildman–Crippen MR) is 112 cm³/mol. The molecule has 2 N–H and O–H groups in total. The van der Waals surface area contributed by atoms with Gasteiger partial charge in [0, 0.05) is 12.7 Å². The molecule has 0 aromatic heterocycles. The van der Waals surface area contributed by atoms with Crippen molar-refractivity contribution >= 4 is 68.1 Å². The zero-order chi connectivity index (χ0) is 19.1. The first-order valence-electron chi connectivity index (χ1n) is 7.40. The highest BCUT2D eigenvalue weighted by Crippen LogP contribution is 2.29. The molecule has 0 aliphatic carbocycles. The second-order valence-electron chi connectivity index (χ2n) is 5.00. The smallest absolute Gasteiger partial charge is 0.257 e. The highest BCUT2D eigenvalue weighted by molar-refractivity contribution is 9.10. The van der Waals surface area contributed by atoms with Crippen LogP contribution in [0.25, 0.3) is 0 Å². The van der Waals surface area contributed by atoms with Crippen molar-refractivity contribution in [3.63, 3.8) is 0 Å². The Morgan fingerprint density at radius 1 is 1.23 bits per heavy atom. The molecule has 0 heterocycles. The number of anilines is 1. The van der Waals surface area contributed by atoms with E-state index in [1.165, 1.54) is 0 Å². The quantitative estimate of drug-likeness (QED) is 0.457. The van der Waals surface area contributed by atoms with Gasteiger partial charge < -0.3 is 14.8 Å². The summed E-state index contributed by atoms with van der Waals surface area (Å²) in [5, 5.41) is 6.25. The van der Waals surface area contributed by atoms with Crippen molar-refractivity contribution < 1.29 is 14.3 Å². The minimum absolute atomic E-state index is 0.107. The van der Waals surface area contributed by atoms with Crippen LogP contribution in [0.4, 0.5) is 5.69 Å². The van der Waals surface area contributed by atoms with Crippen molar-refractivity contribution in [2.24, 2.45) is 0 Å². The Morgan fingerprint density at radius 2 is 2.00 bits per heavy atom. The third-order valence-corrected chi connectivity index (χ3v) is 4.81. The van der Waals surface area contributed by atoms with Crippen molar-refractivity contribution in [3.8, 4) is 5.75 Å². The number of methoxy groups -OCH3 is 1. The molecule has 0 saturated carbocycles. The molecule has 0 radical (unpaired) electrons. The summed E-state index contributed by atoms with van der Waals surface area (Å²) in [5.41, 5.74) is 0.921. The standard InChI is InChI=1S/C17H15BrCl2N2O3S/c1-24-7-8-25-14-6-5-10(9-11(14)18)16(23)22-17(26)21-13-4-2-3-12(19)15(13)20/h2-6,9H,7-8H2,1H3,(H2,21,22,23,26). The number of rotatable bonds is 6. The van der Waals surface area contributed by atoms with E-state index in [0.717, 1.165) is 0 Å². The maximum absolute atomic E-state index is 12.3. The molecule has 0 fully saturated rings. The minimum Gasteiger partial charge on any atom is -0.490 e. The van der Waals surface area contributed by atoms with Gasteiger partial charge in [0.2, 0.25) is 0 Å². The topological polar surface area (TPSA) is 59.6 Å². The molecule has 5 nitrogen and oxygen atoms in total. The average Bonchev–Trinajstić information content (AvgIpc) is 2.60. The number of hydrogen-bond donors (Lipinski definition) is 2. The maximum atomic E-state index is 12.3. The molecule has 26 heavy (non-hydrogen) atoms. The van der Waals surface area contributed by atoms with Crippen LogP contribution in [0, 0.1) is 0 Å². The van der Waals surface area contributed by atoms with Crippen LogP contribution in [-0.4, -0.2) is 31.3 Å². The van der Waals surface area contributed by atoms with Crippen molar-refractivity contribution in [2.75, 3.05) is 25.6 Å². The molecular formula is C17H15BrCl2N2O3S. The molecule has 0 aliphatic heterocycles. The molecule has 2 aromatic rings. The molecular weight excluding hydrogens is 463 g/mol. The Bertz CT molecular complexity index is 821. The Labute approximate surface area is 175 Å². The van der Waals surface area contributed by atoms with Crippen LogP contribution in [0.5, 0.6) is 5.75 Å². The normalized spacial score (nSPS) is 10.3. The minimum atomic E-state index is -0.371. The van der Waals surface area contributed by atoms with Crippen LogP contribution < -0.4 is 15.4 Å². The highest BCUT2D eigenvalue weighted by atomic mass is 79.9. The fourth-order valence-corrected chi connectivity index (χ4v) is 2.97. The summed E-state index contributed by atoms with van der Waals surface area (Å²) in [4.78, 5) is 12.3. The lowest BCUT2D eigenvalue weighted by Gasteiger charge is -2.12. The monoisotopic (exact) mass is 476 g/mol. The molecule has 0 spiro atoms. The van der Waals surface area contributed by atoms with Crippen LogP contribution in [0.2, 0.25) is 10.0 Å². The van der Waals surface area contributed by atoms with Gasteiger partial charge >= 0.3 is 0 Å². The Morgan fingerprint density at radius 3 is 2.69 bits per heavy atom. The molecule has 2 rings (SSSR count). The summed E-state index contributed by atoms with van der Waals surface area (Å²) in [6, 6.07) is 10.1. The second kappa shape index (κ2) is 10.1. The SMILES string of the molecule is COCCOc1ccc(C(=O)NC(=S)Nc2cccc(Cl)c2Cl)cc1Br. The number of carbonyl (C=O) groups is 1. The van der Waals surface area contributed by atoms with E-state index in [0.29, 0.717) is 44.7 Å². The lowest BCUT2D eigenvalue weighted by Crippen LogP contribution is -2.34. The van der Waals surface area contributed by atoms with Gasteiger partial charge in [-0.2, -0.15) is 0 Å². The van der Waals surface area contributed by atoms with Gasteiger partial charge in [0.05, 0.1) is 26.8 Å². The van der Waals surface area contributed by atoms with E-state index in [4.69, 9.17) is 44.9 Å². The van der Waals surface area contributed by atoms with Gasteiger partial charge in [0.15, 0.2) is 5.11 Å². The summed E-state index contributed by atoms with van der Waals surface area (Å²) < 4.78 is 11.1. The third kappa shape index (κ3) is 5.82. The Hall–Kier alpha value is -1.38. The number of halogens is 3. The van der Waals surface area contributed by atoms with Gasteiger partial charge in [-0.3, -0.25) is 10.1 Å². The average molecular weight is 478 g/mol. The largest absolute Gasteiger partial charge is 0.490 e. The maximum Gasteiger partial charge on any atom is 0.257 e. The summed E-state index contributed by atoms with van der Waals surface area (Å²) in [6.07, 6.45) is 0. The van der Waals surface area contributed by atoms with Crippen LogP contribution in [0.15, 0.2) is 40.9 Å². The van der Waals surface area contributed by atoms with Crippen LogP contribution in [0.1, 0.15) is 10.4 Å². The number of thiocarbonyl (C=S) groups is 1. The summed E-state index contributed by atoms with van der Waals surface area (Å²) in [6.45, 7) is 0.885. The van der Waals surface area contributed by atoms with E-state index < -0.39 is 0 Å². The first-order valence-corrected chi connectivity index (χ1v) is 9.35. The van der Waals surface area contributed by atoms with Gasteiger partial charge in [-0.15, -0.1) is 0 Å². The van der Waals surface area contributed by atoms with E-state index in [2.05, 4.69) is 26.6 Å². The molecule has 9 heteroatoms. The molecule has 0 bridgehead atoms. The summed E-state index contributed by atoms with van der Waals surface area (Å²) >= 11 is 20.6. The first-order chi connectivity index (χ1) is 12.4. The molecule has 2 aromatic carbocycles. The number of carbonyl (C=O) groups excluding carboxylic acids is 1. The summed E-state index contributed by atoms with van der Waals surface area (Å²) in [7, 11) is 1.60. The third-order valence-electron chi connectivity index (χ3n) is 3.17. The van der Waals surface area contributed by atoms with E-state index in [1.54, 1.807) is 43.5 Å². The van der Waals surface area contributed by atoms with Gasteiger partial charge in [-0.1, -0.05) is 29.3 Å². The first kappa shape index (κ1) is 20.9. The predicted octanol–water partition coefficient (Wildman–Crippen LogP) is 4.91. The summed E-state index contributed by atoms with van der Waals surface area (Å²) in [5.74, 6) is 0.245. The number of amides is 1. The van der Waals surface area contributed by atoms with Gasteiger partial charge in [0.1, 0.15) is 12.4 Å². The van der Waals surface area contributed by atoms with Crippen LogP contribution in [-0.2, 0) is 4.74 Å². The fraction of sp³-hybridized carbons (Fsp3) is 0.176. The zero-order valence-electron chi connectivity index (χ0n) is 13.6. The van der Waals surface area contributed by atoms with E-state index >= 15 is 0 Å². The van der Waals surface area contributed by atoms with Crippen molar-refractivity contribution in [1.82, 2.24) is 5.32 Å². The van der Waals surface area contributed by atoms with Gasteiger partial charge in [-0.25, -0.2) is 0 Å². The number of ether oxygens (including phenoxy) is 2. The van der Waals surface area contributed by atoms with Crippen molar-refractivity contribution in [1.29, 1.82) is 0 Å². The van der Waals surface area contributed by atoms with Crippen LogP contribution in [0.3, 0.4) is 0 Å². The Balaban J connectivity index is 1.99. The lowest BCUT2D eigenvalue weighted by atomic mass is 10.2. The lowest BCUT2D eigenvalue weighted by molar-refractivity contribution is 0.0977. The zero-order valence-corrected chi connectivity index (χ0v) is 17.6. The molecule has 0 aliphatic rings. The second-order valence-corrected chi connectivity index (χ2v) is 7.04. The molecule has 138 valence electrons. The molecule has 0 saturated heterocycles. The fourth-order valence-electron chi connectivity index (χ4n) is 1.92. The van der Waals surface area contributed by atoms with Crippen molar-refractivity contribution in [2.45, 2.75) is 0 Å². The van der Waals surface area contributed by atoms with Crippen molar-refractivity contribution in [3.05, 3.63) is 56.5 Å². The van der Waals surface area contributed by atoms with Gasteiger partial charge in [0.25, 0.3) is 5.91 Å². The number of nitrogens with one attached hydrogen (secondary N) is 2. The Kier molecular flexibility index (Phi) is 8.12. The highest BCUT2D eigenvalue weighted by Gasteiger charge is 2.12. The van der Waals surface area contributed by atoms with Crippen LogP contribution >= 0.6 is 51.3 Å². The molecule has 1 amide bonds. The van der Waals surface area contributed by atoms with E-state index in [1.807, 2.05) is 0 Å². The number of benzene rings is 2. The molecule has 0 atom stereocenters. The molecule has 0 unspecified atom stereocenters.